The Bertz CT molecular complexity index is 347. The predicted octanol–water partition coefficient (Wildman–Crippen LogP) is 0.668. The van der Waals surface area contributed by atoms with Crippen LogP contribution in [0.1, 0.15) is 33.1 Å². The van der Waals surface area contributed by atoms with Gasteiger partial charge in [0.05, 0.1) is 0 Å². The third kappa shape index (κ3) is 2.25. The lowest BCUT2D eigenvalue weighted by Gasteiger charge is -2.25. The molecular weight excluding hydrogens is 232 g/mol. The molecule has 0 spiro atoms. The summed E-state index contributed by atoms with van der Waals surface area (Å²) in [5, 5.41) is 0. The van der Waals surface area contributed by atoms with E-state index in [2.05, 4.69) is 0 Å². The lowest BCUT2D eigenvalue weighted by atomic mass is 10.2. The van der Waals surface area contributed by atoms with Gasteiger partial charge in [0.15, 0.2) is 0 Å². The predicted molar refractivity (Wildman–Crippen MR) is 51.0 cm³/mol. The zero-order valence-electron chi connectivity index (χ0n) is 7.97. The minimum absolute atomic E-state index is 0.216. The maximum atomic E-state index is 10.9. The summed E-state index contributed by atoms with van der Waals surface area (Å²) in [4.78, 5) is 0. The van der Waals surface area contributed by atoms with Crippen LogP contribution in [0, 0.1) is 0 Å². The van der Waals surface area contributed by atoms with Gasteiger partial charge in [0.2, 0.25) is 4.08 Å². The van der Waals surface area contributed by atoms with E-state index in [4.69, 9.17) is 9.11 Å². The highest BCUT2D eigenvalue weighted by atomic mass is 32.3. The topological polar surface area (TPSA) is 109 Å². The van der Waals surface area contributed by atoms with Crippen LogP contribution in [0.5, 0.6) is 0 Å². The molecular formula is C6H14O6S2. The van der Waals surface area contributed by atoms with Crippen molar-refractivity contribution in [3.05, 3.63) is 0 Å². The largest absolute Gasteiger partial charge is 0.287 e. The molecule has 0 saturated heterocycles. The molecule has 6 nitrogen and oxygen atoms in total. The van der Waals surface area contributed by atoms with Gasteiger partial charge in [0.25, 0.3) is 20.2 Å². The van der Waals surface area contributed by atoms with Gasteiger partial charge in [-0.25, -0.2) is 0 Å². The molecule has 0 heterocycles. The van der Waals surface area contributed by atoms with Crippen LogP contribution in [-0.2, 0) is 20.2 Å². The van der Waals surface area contributed by atoms with Crippen molar-refractivity contribution in [2.45, 2.75) is 37.2 Å². The monoisotopic (exact) mass is 246 g/mol. The van der Waals surface area contributed by atoms with Gasteiger partial charge in [0.1, 0.15) is 0 Å². The van der Waals surface area contributed by atoms with Gasteiger partial charge in [0, 0.05) is 0 Å². The van der Waals surface area contributed by atoms with E-state index in [-0.39, 0.29) is 12.8 Å². The van der Waals surface area contributed by atoms with Gasteiger partial charge in [-0.1, -0.05) is 20.3 Å². The number of rotatable bonds is 5. The molecule has 0 radical (unpaired) electrons. The molecule has 0 saturated carbocycles. The Balaban J connectivity index is 5.71. The minimum Gasteiger partial charge on any atom is -0.284 e. The Kier molecular flexibility index (Phi) is 4.08. The van der Waals surface area contributed by atoms with Gasteiger partial charge in [-0.15, -0.1) is 0 Å². The van der Waals surface area contributed by atoms with Crippen LogP contribution in [0.25, 0.3) is 0 Å². The van der Waals surface area contributed by atoms with Gasteiger partial charge in [-0.3, -0.25) is 9.11 Å². The van der Waals surface area contributed by atoms with Crippen molar-refractivity contribution in [2.24, 2.45) is 0 Å². The molecule has 0 aromatic rings. The Hall–Kier alpha value is -0.180. The first-order valence-corrected chi connectivity index (χ1v) is 6.94. The van der Waals surface area contributed by atoms with Crippen molar-refractivity contribution in [1.29, 1.82) is 0 Å². The van der Waals surface area contributed by atoms with E-state index in [1.807, 2.05) is 0 Å². The normalized spacial score (nSPS) is 14.3. The summed E-state index contributed by atoms with van der Waals surface area (Å²) in [5.41, 5.74) is 0. The van der Waals surface area contributed by atoms with Crippen molar-refractivity contribution >= 4 is 20.2 Å². The molecule has 0 aliphatic rings. The van der Waals surface area contributed by atoms with Crippen LogP contribution in [-0.4, -0.2) is 30.0 Å². The first kappa shape index (κ1) is 13.8. The highest BCUT2D eigenvalue weighted by Crippen LogP contribution is 2.32. The lowest BCUT2D eigenvalue weighted by molar-refractivity contribution is 0.406. The quantitative estimate of drug-likeness (QED) is 0.690. The van der Waals surface area contributed by atoms with Crippen molar-refractivity contribution in [3.8, 4) is 0 Å². The first-order valence-electron chi connectivity index (χ1n) is 4.06. The van der Waals surface area contributed by atoms with Gasteiger partial charge in [-0.05, 0) is 12.8 Å². The Morgan fingerprint density at radius 2 is 1.36 bits per heavy atom. The van der Waals surface area contributed by atoms with E-state index in [9.17, 15) is 16.8 Å². The third-order valence-electron chi connectivity index (χ3n) is 2.11. The minimum atomic E-state index is -4.83. The van der Waals surface area contributed by atoms with Gasteiger partial charge in [-0.2, -0.15) is 16.8 Å². The maximum Gasteiger partial charge on any atom is 0.287 e. The molecule has 0 aromatic heterocycles. The average Bonchev–Trinajstić information content (AvgIpc) is 1.94. The molecule has 0 bridgehead atoms. The Labute approximate surface area is 83.8 Å². The smallest absolute Gasteiger partial charge is 0.284 e. The third-order valence-corrected chi connectivity index (χ3v) is 6.24. The molecule has 0 amide bonds. The molecule has 14 heavy (non-hydrogen) atoms. The molecule has 0 aliphatic heterocycles. The summed E-state index contributed by atoms with van der Waals surface area (Å²) in [6.45, 7) is 2.83. The molecule has 8 heteroatoms. The zero-order valence-corrected chi connectivity index (χ0v) is 9.60. The van der Waals surface area contributed by atoms with Crippen LogP contribution in [0.15, 0.2) is 0 Å². The fourth-order valence-corrected chi connectivity index (χ4v) is 4.03. The van der Waals surface area contributed by atoms with Crippen LogP contribution < -0.4 is 0 Å². The second kappa shape index (κ2) is 4.13. The van der Waals surface area contributed by atoms with E-state index in [1.54, 1.807) is 6.92 Å². The van der Waals surface area contributed by atoms with Crippen LogP contribution in [0.2, 0.25) is 0 Å². The Morgan fingerprint density at radius 1 is 1.00 bits per heavy atom. The summed E-state index contributed by atoms with van der Waals surface area (Å²) >= 11 is 0. The molecule has 0 atom stereocenters. The van der Waals surface area contributed by atoms with Crippen molar-refractivity contribution in [1.82, 2.24) is 0 Å². The van der Waals surface area contributed by atoms with E-state index >= 15 is 0 Å². The van der Waals surface area contributed by atoms with Crippen molar-refractivity contribution in [2.75, 3.05) is 0 Å². The van der Waals surface area contributed by atoms with Gasteiger partial charge >= 0.3 is 0 Å². The van der Waals surface area contributed by atoms with Crippen LogP contribution in [0.3, 0.4) is 0 Å². The molecule has 0 aliphatic carbocycles. The van der Waals surface area contributed by atoms with Crippen molar-refractivity contribution in [3.63, 3.8) is 0 Å². The number of hydrogen-bond donors (Lipinski definition) is 2. The zero-order chi connectivity index (χ0) is 11.6. The first-order chi connectivity index (χ1) is 6.12. The van der Waals surface area contributed by atoms with E-state index in [0.717, 1.165) is 0 Å². The molecule has 2 N–H and O–H groups in total. The molecule has 0 fully saturated rings. The lowest BCUT2D eigenvalue weighted by Crippen LogP contribution is -2.45. The second-order valence-corrected chi connectivity index (χ2v) is 6.69. The molecule has 0 aromatic carbocycles. The van der Waals surface area contributed by atoms with Gasteiger partial charge < -0.3 is 0 Å². The molecule has 86 valence electrons. The SMILES string of the molecule is CCCC(CC)(S(=O)(=O)O)S(=O)(=O)O. The molecule has 0 unspecified atom stereocenters. The Morgan fingerprint density at radius 3 is 1.43 bits per heavy atom. The summed E-state index contributed by atoms with van der Waals surface area (Å²) in [5.74, 6) is 0. The fraction of sp³-hybridized carbons (Fsp3) is 1.00. The fourth-order valence-electron chi connectivity index (χ4n) is 1.31. The average molecular weight is 246 g/mol. The van der Waals surface area contributed by atoms with E-state index in [0.29, 0.717) is 0 Å². The summed E-state index contributed by atoms with van der Waals surface area (Å²) < 4.78 is 58.9. The van der Waals surface area contributed by atoms with Crippen molar-refractivity contribution < 1.29 is 25.9 Å². The standard InChI is InChI=1S/C6H14O6S2/c1-3-5-6(4-2,13(7,8)9)14(10,11)12/h3-5H2,1-2H3,(H,7,8,9)(H,10,11,12). The van der Waals surface area contributed by atoms with E-state index in [1.165, 1.54) is 6.92 Å². The summed E-state index contributed by atoms with van der Waals surface area (Å²) in [7, 11) is -9.67. The van der Waals surface area contributed by atoms with E-state index < -0.39 is 30.7 Å². The summed E-state index contributed by atoms with van der Waals surface area (Å²) in [6, 6.07) is 0. The maximum absolute atomic E-state index is 10.9. The highest BCUT2D eigenvalue weighted by molar-refractivity contribution is 8.05. The summed E-state index contributed by atoms with van der Waals surface area (Å²) in [6.07, 6.45) is -0.507. The van der Waals surface area contributed by atoms with Crippen LogP contribution >= 0.6 is 0 Å². The number of hydrogen-bond acceptors (Lipinski definition) is 4. The van der Waals surface area contributed by atoms with Crippen LogP contribution in [0.4, 0.5) is 0 Å². The second-order valence-electron chi connectivity index (χ2n) is 2.96. The highest BCUT2D eigenvalue weighted by Gasteiger charge is 2.52. The molecule has 0 rings (SSSR count).